The van der Waals surface area contributed by atoms with Gasteiger partial charge in [0.15, 0.2) is 0 Å². The van der Waals surface area contributed by atoms with Gasteiger partial charge in [-0.3, -0.25) is 0 Å². The lowest BCUT2D eigenvalue weighted by Crippen LogP contribution is -2.22. The molecule has 1 aromatic heterocycles. The first-order valence-corrected chi connectivity index (χ1v) is 6.16. The van der Waals surface area contributed by atoms with Crippen LogP contribution in [0.15, 0.2) is 24.4 Å². The molecule has 1 aliphatic rings. The Labute approximate surface area is 99.8 Å². The van der Waals surface area contributed by atoms with Gasteiger partial charge in [-0.25, -0.2) is 0 Å². The molecule has 1 aliphatic carbocycles. The molecule has 0 saturated heterocycles. The van der Waals surface area contributed by atoms with Crippen LogP contribution in [0.3, 0.4) is 0 Å². The summed E-state index contributed by atoms with van der Waals surface area (Å²) < 4.78 is 0. The fraction of sp³-hybridized carbons (Fsp3) is 0.385. The highest BCUT2D eigenvalue weighted by Crippen LogP contribution is 2.38. The number of hydrogen-bond donors (Lipinski definition) is 2. The summed E-state index contributed by atoms with van der Waals surface area (Å²) in [5.74, 6) is 0.493. The molecule has 3 N–H and O–H groups in total. The van der Waals surface area contributed by atoms with Crippen molar-refractivity contribution in [2.75, 3.05) is 0 Å². The van der Waals surface area contributed by atoms with Gasteiger partial charge < -0.3 is 10.7 Å². The van der Waals surface area contributed by atoms with E-state index < -0.39 is 0 Å². The first-order valence-electron chi connectivity index (χ1n) is 5.78. The molecule has 1 heterocycles. The van der Waals surface area contributed by atoms with E-state index in [0.29, 0.717) is 12.0 Å². The summed E-state index contributed by atoms with van der Waals surface area (Å²) in [5.41, 5.74) is 8.53. The van der Waals surface area contributed by atoms with Gasteiger partial charge >= 0.3 is 0 Å². The van der Waals surface area contributed by atoms with Crippen LogP contribution in [-0.2, 0) is 0 Å². The van der Waals surface area contributed by atoms with Crippen molar-refractivity contribution in [3.63, 3.8) is 0 Å². The van der Waals surface area contributed by atoms with E-state index in [-0.39, 0.29) is 0 Å². The van der Waals surface area contributed by atoms with E-state index in [2.05, 4.69) is 17.2 Å². The molecular formula is C13H15ClN2. The second-order valence-corrected chi connectivity index (χ2v) is 5.01. The SMILES string of the molecule is NC1CCCC1c1c[nH]c2c(Cl)cccc12. The predicted molar refractivity (Wildman–Crippen MR) is 67.9 cm³/mol. The van der Waals surface area contributed by atoms with Crippen molar-refractivity contribution in [3.05, 3.63) is 35.0 Å². The topological polar surface area (TPSA) is 41.8 Å². The second-order valence-electron chi connectivity index (χ2n) is 4.61. The Kier molecular flexibility index (Phi) is 2.41. The molecule has 2 atom stereocenters. The standard InChI is InChI=1S/C13H15ClN2/c14-11-5-1-4-9-10(7-16-13(9)11)8-3-2-6-12(8)15/h1,4-5,7-8,12,16H,2-3,6,15H2. The van der Waals surface area contributed by atoms with Crippen LogP contribution in [0, 0.1) is 0 Å². The summed E-state index contributed by atoms with van der Waals surface area (Å²) in [4.78, 5) is 3.27. The molecule has 1 aromatic carbocycles. The second kappa shape index (κ2) is 3.79. The lowest BCUT2D eigenvalue weighted by Gasteiger charge is -2.14. The molecular weight excluding hydrogens is 220 g/mol. The molecule has 2 nitrogen and oxygen atoms in total. The van der Waals surface area contributed by atoms with E-state index in [9.17, 15) is 0 Å². The summed E-state index contributed by atoms with van der Waals surface area (Å²) >= 11 is 6.15. The maximum Gasteiger partial charge on any atom is 0.0647 e. The highest BCUT2D eigenvalue weighted by molar-refractivity contribution is 6.35. The summed E-state index contributed by atoms with van der Waals surface area (Å²) in [5, 5.41) is 2.02. The molecule has 3 heteroatoms. The van der Waals surface area contributed by atoms with Crippen LogP contribution in [0.4, 0.5) is 0 Å². The average molecular weight is 235 g/mol. The largest absolute Gasteiger partial charge is 0.360 e. The number of hydrogen-bond acceptors (Lipinski definition) is 1. The van der Waals surface area contributed by atoms with Crippen LogP contribution in [0.2, 0.25) is 5.02 Å². The summed E-state index contributed by atoms with van der Waals surface area (Å²) in [6, 6.07) is 6.34. The van der Waals surface area contributed by atoms with Gasteiger partial charge in [0.2, 0.25) is 0 Å². The fourth-order valence-corrected chi connectivity index (χ4v) is 3.05. The molecule has 1 saturated carbocycles. The lowest BCUT2D eigenvalue weighted by molar-refractivity contribution is 0.616. The summed E-state index contributed by atoms with van der Waals surface area (Å²) in [6.45, 7) is 0. The number of aromatic nitrogens is 1. The number of nitrogens with one attached hydrogen (secondary N) is 1. The predicted octanol–water partition coefficient (Wildman–Crippen LogP) is 3.42. The van der Waals surface area contributed by atoms with Gasteiger partial charge in [0.25, 0.3) is 0 Å². The third-order valence-corrected chi connectivity index (χ3v) is 3.98. The monoisotopic (exact) mass is 234 g/mol. The van der Waals surface area contributed by atoms with Crippen LogP contribution < -0.4 is 5.73 Å². The maximum absolute atomic E-state index is 6.15. The van der Waals surface area contributed by atoms with Gasteiger partial charge in [0.05, 0.1) is 10.5 Å². The lowest BCUT2D eigenvalue weighted by atomic mass is 9.94. The first-order chi connectivity index (χ1) is 7.77. The molecule has 2 aromatic rings. The minimum atomic E-state index is 0.304. The molecule has 0 amide bonds. The van der Waals surface area contributed by atoms with Crippen LogP contribution in [0.5, 0.6) is 0 Å². The molecule has 3 rings (SSSR count). The average Bonchev–Trinajstić information content (AvgIpc) is 2.84. The van der Waals surface area contributed by atoms with Crippen molar-refractivity contribution < 1.29 is 0 Å². The minimum Gasteiger partial charge on any atom is -0.360 e. The van der Waals surface area contributed by atoms with Crippen LogP contribution in [0.1, 0.15) is 30.7 Å². The smallest absolute Gasteiger partial charge is 0.0647 e. The number of benzene rings is 1. The first kappa shape index (κ1) is 10.2. The molecule has 1 fully saturated rings. The van der Waals surface area contributed by atoms with E-state index in [1.54, 1.807) is 0 Å². The summed E-state index contributed by atoms with van der Waals surface area (Å²) in [7, 11) is 0. The molecule has 0 radical (unpaired) electrons. The van der Waals surface area contributed by atoms with Crippen molar-refractivity contribution in [1.82, 2.24) is 4.98 Å². The normalized spacial score (nSPS) is 25.4. The Morgan fingerprint density at radius 2 is 2.19 bits per heavy atom. The summed E-state index contributed by atoms with van der Waals surface area (Å²) in [6.07, 6.45) is 5.64. The number of para-hydroxylation sites is 1. The van der Waals surface area contributed by atoms with Crippen molar-refractivity contribution in [3.8, 4) is 0 Å². The molecule has 16 heavy (non-hydrogen) atoms. The molecule has 0 bridgehead atoms. The van der Waals surface area contributed by atoms with Gasteiger partial charge in [-0.05, 0) is 24.5 Å². The van der Waals surface area contributed by atoms with Gasteiger partial charge in [-0.15, -0.1) is 0 Å². The van der Waals surface area contributed by atoms with Gasteiger partial charge in [-0.1, -0.05) is 30.2 Å². The zero-order valence-corrected chi connectivity index (χ0v) is 9.80. The molecule has 84 valence electrons. The van der Waals surface area contributed by atoms with Crippen LogP contribution in [-0.4, -0.2) is 11.0 Å². The zero-order valence-electron chi connectivity index (χ0n) is 9.04. The zero-order chi connectivity index (χ0) is 11.1. The van der Waals surface area contributed by atoms with Crippen molar-refractivity contribution in [2.45, 2.75) is 31.2 Å². The number of nitrogens with two attached hydrogens (primary N) is 1. The number of fused-ring (bicyclic) bond motifs is 1. The number of rotatable bonds is 1. The van der Waals surface area contributed by atoms with E-state index in [0.717, 1.165) is 17.0 Å². The Bertz CT molecular complexity index is 518. The van der Waals surface area contributed by atoms with E-state index in [4.69, 9.17) is 17.3 Å². The van der Waals surface area contributed by atoms with Crippen molar-refractivity contribution in [1.29, 1.82) is 0 Å². The van der Waals surface area contributed by atoms with Gasteiger partial charge in [0, 0.05) is 23.5 Å². The third-order valence-electron chi connectivity index (χ3n) is 3.67. The van der Waals surface area contributed by atoms with Crippen LogP contribution in [0.25, 0.3) is 10.9 Å². The Balaban J connectivity index is 2.14. The highest BCUT2D eigenvalue weighted by atomic mass is 35.5. The minimum absolute atomic E-state index is 0.304. The Morgan fingerprint density at radius 1 is 1.31 bits per heavy atom. The van der Waals surface area contributed by atoms with E-state index in [1.165, 1.54) is 23.8 Å². The van der Waals surface area contributed by atoms with E-state index >= 15 is 0 Å². The molecule has 2 unspecified atom stereocenters. The van der Waals surface area contributed by atoms with Crippen LogP contribution >= 0.6 is 11.6 Å². The van der Waals surface area contributed by atoms with Gasteiger partial charge in [0.1, 0.15) is 0 Å². The highest BCUT2D eigenvalue weighted by Gasteiger charge is 2.27. The van der Waals surface area contributed by atoms with Crippen molar-refractivity contribution >= 4 is 22.5 Å². The Hall–Kier alpha value is -0.990. The van der Waals surface area contributed by atoms with Crippen molar-refractivity contribution in [2.24, 2.45) is 5.73 Å². The van der Waals surface area contributed by atoms with E-state index in [1.807, 2.05) is 12.1 Å². The Morgan fingerprint density at radius 3 is 2.94 bits per heavy atom. The van der Waals surface area contributed by atoms with Gasteiger partial charge in [-0.2, -0.15) is 0 Å². The maximum atomic E-state index is 6.15. The number of aromatic amines is 1. The fourth-order valence-electron chi connectivity index (χ4n) is 2.82. The third kappa shape index (κ3) is 1.45. The number of H-pyrrole nitrogens is 1. The quantitative estimate of drug-likeness (QED) is 0.780. The number of halogens is 1. The molecule has 0 spiro atoms. The molecule has 0 aliphatic heterocycles.